The number of amides is 1. The molecule has 0 spiro atoms. The van der Waals surface area contributed by atoms with Crippen molar-refractivity contribution >= 4 is 5.91 Å². The van der Waals surface area contributed by atoms with Crippen LogP contribution >= 0.6 is 0 Å². The van der Waals surface area contributed by atoms with E-state index < -0.39 is 5.60 Å². The molecule has 1 aliphatic heterocycles. The molecule has 1 saturated heterocycles. The Kier molecular flexibility index (Phi) is 4.87. The SMILES string of the molecule is O=C(c1cc(-c2ccccn2)n[nH]1)N1CC[C@@](O)(c2ccccc2)[C@H]2CCCC[C@H]21. The summed E-state index contributed by atoms with van der Waals surface area (Å²) in [6.07, 6.45) is 6.29. The monoisotopic (exact) mass is 402 g/mol. The fourth-order valence-corrected chi connectivity index (χ4v) is 5.25. The second kappa shape index (κ2) is 7.69. The van der Waals surface area contributed by atoms with Crippen molar-refractivity contribution in [1.82, 2.24) is 20.1 Å². The molecule has 154 valence electrons. The third-order valence-electron chi connectivity index (χ3n) is 6.75. The maximum absolute atomic E-state index is 13.4. The first-order chi connectivity index (χ1) is 14.7. The number of aliphatic hydroxyl groups is 1. The average molecular weight is 402 g/mol. The van der Waals surface area contributed by atoms with Gasteiger partial charge in [-0.1, -0.05) is 49.2 Å². The van der Waals surface area contributed by atoms with E-state index in [1.807, 2.05) is 53.4 Å². The van der Waals surface area contributed by atoms with Gasteiger partial charge >= 0.3 is 0 Å². The molecular formula is C24H26N4O2. The number of benzene rings is 1. The highest BCUT2D eigenvalue weighted by molar-refractivity contribution is 5.93. The minimum atomic E-state index is -0.879. The van der Waals surface area contributed by atoms with Crippen molar-refractivity contribution < 1.29 is 9.90 Å². The van der Waals surface area contributed by atoms with Gasteiger partial charge in [-0.25, -0.2) is 0 Å². The first-order valence-corrected chi connectivity index (χ1v) is 10.7. The van der Waals surface area contributed by atoms with Gasteiger partial charge in [0.2, 0.25) is 0 Å². The molecule has 0 unspecified atom stereocenters. The highest BCUT2D eigenvalue weighted by Gasteiger charge is 2.50. The lowest BCUT2D eigenvalue weighted by Gasteiger charge is -2.52. The first-order valence-electron chi connectivity index (χ1n) is 10.7. The predicted octanol–water partition coefficient (Wildman–Crippen LogP) is 3.76. The third kappa shape index (κ3) is 3.21. The molecule has 2 N–H and O–H groups in total. The topological polar surface area (TPSA) is 82.1 Å². The zero-order valence-corrected chi connectivity index (χ0v) is 16.9. The van der Waals surface area contributed by atoms with E-state index in [1.54, 1.807) is 12.3 Å². The van der Waals surface area contributed by atoms with Crippen LogP contribution in [0.3, 0.4) is 0 Å². The van der Waals surface area contributed by atoms with Gasteiger partial charge in [0, 0.05) is 24.7 Å². The molecule has 6 nitrogen and oxygen atoms in total. The smallest absolute Gasteiger partial charge is 0.272 e. The zero-order chi connectivity index (χ0) is 20.6. The van der Waals surface area contributed by atoms with Crippen LogP contribution in [0.4, 0.5) is 0 Å². The Labute approximate surface area is 176 Å². The summed E-state index contributed by atoms with van der Waals surface area (Å²) in [5, 5.41) is 18.9. The number of likely N-dealkylation sites (tertiary alicyclic amines) is 1. The van der Waals surface area contributed by atoms with Crippen LogP contribution in [-0.2, 0) is 5.60 Å². The first kappa shape index (κ1) is 19.0. The number of rotatable bonds is 3. The summed E-state index contributed by atoms with van der Waals surface area (Å²) in [4.78, 5) is 19.7. The van der Waals surface area contributed by atoms with Crippen molar-refractivity contribution in [3.05, 3.63) is 72.1 Å². The highest BCUT2D eigenvalue weighted by Crippen LogP contribution is 2.47. The van der Waals surface area contributed by atoms with Crippen LogP contribution in [0.25, 0.3) is 11.4 Å². The number of hydrogen-bond donors (Lipinski definition) is 2. The summed E-state index contributed by atoms with van der Waals surface area (Å²) in [6, 6.07) is 17.4. The molecule has 3 heterocycles. The number of nitrogens with zero attached hydrogens (tertiary/aromatic N) is 3. The van der Waals surface area contributed by atoms with Crippen LogP contribution in [0, 0.1) is 5.92 Å². The molecule has 30 heavy (non-hydrogen) atoms. The Morgan fingerprint density at radius 3 is 2.67 bits per heavy atom. The minimum absolute atomic E-state index is 0.0341. The number of aromatic amines is 1. The molecule has 1 saturated carbocycles. The summed E-state index contributed by atoms with van der Waals surface area (Å²) in [5.74, 6) is 0.00113. The summed E-state index contributed by atoms with van der Waals surface area (Å²) in [5.41, 5.74) is 1.96. The molecule has 2 aromatic heterocycles. The molecule has 6 heteroatoms. The van der Waals surface area contributed by atoms with Crippen LogP contribution < -0.4 is 0 Å². The lowest BCUT2D eigenvalue weighted by Crippen LogP contribution is -2.59. The number of aromatic nitrogens is 3. The van der Waals surface area contributed by atoms with E-state index in [0.717, 1.165) is 36.9 Å². The van der Waals surface area contributed by atoms with Gasteiger partial charge in [-0.15, -0.1) is 0 Å². The number of pyridine rings is 1. The number of fused-ring (bicyclic) bond motifs is 1. The van der Waals surface area contributed by atoms with Gasteiger partial charge in [-0.3, -0.25) is 14.9 Å². The second-order valence-corrected chi connectivity index (χ2v) is 8.38. The Bertz CT molecular complexity index is 1020. The fourth-order valence-electron chi connectivity index (χ4n) is 5.25. The van der Waals surface area contributed by atoms with E-state index >= 15 is 0 Å². The standard InChI is InChI=1S/C24H26N4O2/c29-23(21-16-20(26-27-21)19-11-6-7-14-25-19)28-15-13-24(30,17-8-2-1-3-9-17)18-10-4-5-12-22(18)28/h1-3,6-9,11,14,16,18,22,30H,4-5,10,12-13,15H2,(H,26,27)/t18-,22+,24+/m0/s1. The van der Waals surface area contributed by atoms with E-state index in [2.05, 4.69) is 15.2 Å². The van der Waals surface area contributed by atoms with E-state index in [0.29, 0.717) is 24.4 Å². The molecule has 1 aromatic carbocycles. The lowest BCUT2D eigenvalue weighted by molar-refractivity contribution is -0.110. The van der Waals surface area contributed by atoms with Crippen molar-refractivity contribution in [3.8, 4) is 11.4 Å². The van der Waals surface area contributed by atoms with Crippen molar-refractivity contribution in [1.29, 1.82) is 0 Å². The number of nitrogens with one attached hydrogen (secondary N) is 1. The van der Waals surface area contributed by atoms with E-state index in [-0.39, 0.29) is 17.9 Å². The van der Waals surface area contributed by atoms with Gasteiger partial charge in [0.25, 0.3) is 5.91 Å². The van der Waals surface area contributed by atoms with Crippen molar-refractivity contribution in [2.45, 2.75) is 43.7 Å². The van der Waals surface area contributed by atoms with E-state index in [4.69, 9.17) is 0 Å². The maximum Gasteiger partial charge on any atom is 0.272 e. The quantitative estimate of drug-likeness (QED) is 0.699. The van der Waals surface area contributed by atoms with Gasteiger partial charge in [-0.05, 0) is 43.0 Å². The van der Waals surface area contributed by atoms with Crippen LogP contribution in [0.5, 0.6) is 0 Å². The molecule has 1 amide bonds. The minimum Gasteiger partial charge on any atom is -0.385 e. The second-order valence-electron chi connectivity index (χ2n) is 8.38. The van der Waals surface area contributed by atoms with E-state index in [9.17, 15) is 9.90 Å². The summed E-state index contributed by atoms with van der Waals surface area (Å²) >= 11 is 0. The molecule has 0 radical (unpaired) electrons. The summed E-state index contributed by atoms with van der Waals surface area (Å²) in [7, 11) is 0. The molecule has 2 fully saturated rings. The molecule has 3 atom stereocenters. The molecule has 1 aliphatic carbocycles. The Morgan fingerprint density at radius 2 is 1.87 bits per heavy atom. The Hall–Kier alpha value is -2.99. The number of piperidine rings is 1. The number of H-pyrrole nitrogens is 1. The fraction of sp³-hybridized carbons (Fsp3) is 0.375. The van der Waals surface area contributed by atoms with Crippen LogP contribution in [0.15, 0.2) is 60.8 Å². The largest absolute Gasteiger partial charge is 0.385 e. The highest BCUT2D eigenvalue weighted by atomic mass is 16.3. The zero-order valence-electron chi connectivity index (χ0n) is 16.9. The van der Waals surface area contributed by atoms with Crippen LogP contribution in [-0.4, -0.2) is 43.7 Å². The number of carbonyl (C=O) groups excluding carboxylic acids is 1. The van der Waals surface area contributed by atoms with Gasteiger partial charge in [0.15, 0.2) is 0 Å². The van der Waals surface area contributed by atoms with Gasteiger partial charge in [0.1, 0.15) is 11.4 Å². The Morgan fingerprint density at radius 1 is 1.07 bits per heavy atom. The molecule has 0 bridgehead atoms. The number of carbonyl (C=O) groups is 1. The number of hydrogen-bond acceptors (Lipinski definition) is 4. The molecular weight excluding hydrogens is 376 g/mol. The third-order valence-corrected chi connectivity index (χ3v) is 6.75. The van der Waals surface area contributed by atoms with Crippen molar-refractivity contribution in [2.75, 3.05) is 6.54 Å². The van der Waals surface area contributed by atoms with E-state index in [1.165, 1.54) is 0 Å². The summed E-state index contributed by atoms with van der Waals surface area (Å²) in [6.45, 7) is 0.531. The van der Waals surface area contributed by atoms with Crippen LogP contribution in [0.2, 0.25) is 0 Å². The maximum atomic E-state index is 13.4. The normalized spacial score (nSPS) is 26.2. The molecule has 5 rings (SSSR count). The van der Waals surface area contributed by atoms with Crippen LogP contribution in [0.1, 0.15) is 48.2 Å². The van der Waals surface area contributed by atoms with Gasteiger partial charge in [0.05, 0.1) is 11.3 Å². The van der Waals surface area contributed by atoms with Crippen molar-refractivity contribution in [2.24, 2.45) is 5.92 Å². The predicted molar refractivity (Wildman–Crippen MR) is 114 cm³/mol. The van der Waals surface area contributed by atoms with Crippen molar-refractivity contribution in [3.63, 3.8) is 0 Å². The average Bonchev–Trinajstić information content (AvgIpc) is 3.31. The Balaban J connectivity index is 1.42. The lowest BCUT2D eigenvalue weighted by atomic mass is 9.66. The van der Waals surface area contributed by atoms with Gasteiger partial charge < -0.3 is 10.0 Å². The van der Waals surface area contributed by atoms with Gasteiger partial charge in [-0.2, -0.15) is 5.10 Å². The molecule has 2 aliphatic rings. The molecule has 3 aromatic rings. The summed E-state index contributed by atoms with van der Waals surface area (Å²) < 4.78 is 0.